The van der Waals surface area contributed by atoms with Crippen molar-refractivity contribution in [3.8, 4) is 0 Å². The van der Waals surface area contributed by atoms with E-state index in [1.54, 1.807) is 11.3 Å². The molecule has 4 heteroatoms. The van der Waals surface area contributed by atoms with Gasteiger partial charge in [0.1, 0.15) is 0 Å². The minimum atomic E-state index is 0.213. The summed E-state index contributed by atoms with van der Waals surface area (Å²) < 4.78 is 1.16. The summed E-state index contributed by atoms with van der Waals surface area (Å²) in [5.74, 6) is 0.615. The van der Waals surface area contributed by atoms with Crippen LogP contribution in [-0.2, 0) is 6.54 Å². The highest BCUT2D eigenvalue weighted by Gasteiger charge is 2.09. The zero-order chi connectivity index (χ0) is 11.3. The molecule has 0 bridgehead atoms. The molecule has 0 aromatic carbocycles. The van der Waals surface area contributed by atoms with Crippen LogP contribution in [0.1, 0.15) is 25.1 Å². The second kappa shape index (κ2) is 6.63. The van der Waals surface area contributed by atoms with Gasteiger partial charge in [-0.15, -0.1) is 11.3 Å². The maximum Gasteiger partial charge on any atom is 0.0701 e. The lowest BCUT2D eigenvalue weighted by molar-refractivity contribution is 0.224. The van der Waals surface area contributed by atoms with Gasteiger partial charge in [0.2, 0.25) is 0 Å². The van der Waals surface area contributed by atoms with Crippen molar-refractivity contribution in [3.05, 3.63) is 20.8 Å². The van der Waals surface area contributed by atoms with E-state index in [1.807, 2.05) is 0 Å². The third-order valence-electron chi connectivity index (χ3n) is 2.17. The van der Waals surface area contributed by atoms with Gasteiger partial charge in [-0.1, -0.05) is 13.8 Å². The smallest absolute Gasteiger partial charge is 0.0701 e. The van der Waals surface area contributed by atoms with Gasteiger partial charge >= 0.3 is 0 Å². The number of rotatable bonds is 6. The van der Waals surface area contributed by atoms with Crippen LogP contribution < -0.4 is 5.32 Å². The summed E-state index contributed by atoms with van der Waals surface area (Å²) in [4.78, 5) is 1.30. The summed E-state index contributed by atoms with van der Waals surface area (Å²) in [6.45, 7) is 5.40. The molecule has 0 amide bonds. The summed E-state index contributed by atoms with van der Waals surface area (Å²) in [6, 6.07) is 4.37. The zero-order valence-corrected chi connectivity index (χ0v) is 11.6. The van der Waals surface area contributed by atoms with Crippen molar-refractivity contribution in [2.24, 2.45) is 5.92 Å². The average molecular weight is 292 g/mol. The Morgan fingerprint density at radius 3 is 2.67 bits per heavy atom. The first-order valence-electron chi connectivity index (χ1n) is 5.20. The third kappa shape index (κ3) is 5.11. The molecule has 2 nitrogen and oxygen atoms in total. The van der Waals surface area contributed by atoms with E-state index in [9.17, 15) is 5.11 Å². The van der Waals surface area contributed by atoms with Crippen molar-refractivity contribution in [3.63, 3.8) is 0 Å². The minimum absolute atomic E-state index is 0.213. The molecule has 15 heavy (non-hydrogen) atoms. The second-order valence-electron chi connectivity index (χ2n) is 4.10. The van der Waals surface area contributed by atoms with Crippen LogP contribution in [-0.4, -0.2) is 17.8 Å². The number of thiophene rings is 1. The van der Waals surface area contributed by atoms with Gasteiger partial charge in [0.05, 0.1) is 10.4 Å². The van der Waals surface area contributed by atoms with Crippen LogP contribution in [0.25, 0.3) is 0 Å². The van der Waals surface area contributed by atoms with Gasteiger partial charge < -0.3 is 10.4 Å². The largest absolute Gasteiger partial charge is 0.395 e. The lowest BCUT2D eigenvalue weighted by Crippen LogP contribution is -2.32. The van der Waals surface area contributed by atoms with Crippen molar-refractivity contribution in [2.45, 2.75) is 32.9 Å². The quantitative estimate of drug-likeness (QED) is 0.845. The Hall–Kier alpha value is 0.1000. The van der Waals surface area contributed by atoms with Gasteiger partial charge in [0.25, 0.3) is 0 Å². The van der Waals surface area contributed by atoms with Crippen LogP contribution in [0.4, 0.5) is 0 Å². The number of hydrogen-bond acceptors (Lipinski definition) is 3. The molecular formula is C11H18BrNOS. The highest BCUT2D eigenvalue weighted by atomic mass is 79.9. The third-order valence-corrected chi connectivity index (χ3v) is 3.79. The molecule has 1 aromatic rings. The Bertz CT molecular complexity index is 288. The van der Waals surface area contributed by atoms with Crippen LogP contribution in [0.2, 0.25) is 0 Å². The molecule has 1 aromatic heterocycles. The van der Waals surface area contributed by atoms with Crippen LogP contribution in [0.3, 0.4) is 0 Å². The molecule has 0 saturated carbocycles. The van der Waals surface area contributed by atoms with Gasteiger partial charge in [-0.2, -0.15) is 0 Å². The summed E-state index contributed by atoms with van der Waals surface area (Å²) in [7, 11) is 0. The zero-order valence-electron chi connectivity index (χ0n) is 9.16. The summed E-state index contributed by atoms with van der Waals surface area (Å²) >= 11 is 5.17. The van der Waals surface area contributed by atoms with Crippen LogP contribution >= 0.6 is 27.3 Å². The maximum absolute atomic E-state index is 9.19. The van der Waals surface area contributed by atoms with Crippen molar-refractivity contribution in [1.29, 1.82) is 0 Å². The van der Waals surface area contributed by atoms with Gasteiger partial charge in [-0.25, -0.2) is 0 Å². The molecule has 0 aliphatic carbocycles. The Morgan fingerprint density at radius 1 is 1.47 bits per heavy atom. The SMILES string of the molecule is CC(C)C[C@H](CO)NCc1ccc(Br)s1. The standard InChI is InChI=1S/C11H18BrNOS/c1-8(2)5-9(7-14)13-6-10-3-4-11(12)15-10/h3-4,8-9,13-14H,5-7H2,1-2H3/t9-/m1/s1. The number of aliphatic hydroxyl groups excluding tert-OH is 1. The summed E-state index contributed by atoms with van der Waals surface area (Å²) in [5, 5.41) is 12.6. The van der Waals surface area contributed by atoms with E-state index in [2.05, 4.69) is 47.2 Å². The molecule has 1 atom stereocenters. The lowest BCUT2D eigenvalue weighted by Gasteiger charge is -2.17. The minimum Gasteiger partial charge on any atom is -0.395 e. The van der Waals surface area contributed by atoms with E-state index >= 15 is 0 Å². The van der Waals surface area contributed by atoms with Crippen LogP contribution in [0, 0.1) is 5.92 Å². The van der Waals surface area contributed by atoms with Crippen molar-refractivity contribution in [1.82, 2.24) is 5.32 Å². The van der Waals surface area contributed by atoms with Gasteiger partial charge in [-0.05, 0) is 40.4 Å². The molecule has 86 valence electrons. The Morgan fingerprint density at radius 2 is 2.20 bits per heavy atom. The highest BCUT2D eigenvalue weighted by Crippen LogP contribution is 2.22. The second-order valence-corrected chi connectivity index (χ2v) is 6.64. The maximum atomic E-state index is 9.19. The molecule has 0 unspecified atom stereocenters. The number of nitrogens with one attached hydrogen (secondary N) is 1. The average Bonchev–Trinajstić information content (AvgIpc) is 2.58. The molecule has 0 spiro atoms. The lowest BCUT2D eigenvalue weighted by atomic mass is 10.0. The van der Waals surface area contributed by atoms with Gasteiger partial charge in [-0.3, -0.25) is 0 Å². The fraction of sp³-hybridized carbons (Fsp3) is 0.636. The molecule has 0 aliphatic rings. The topological polar surface area (TPSA) is 32.3 Å². The molecular weight excluding hydrogens is 274 g/mol. The van der Waals surface area contributed by atoms with E-state index < -0.39 is 0 Å². The van der Waals surface area contributed by atoms with E-state index in [1.165, 1.54) is 4.88 Å². The van der Waals surface area contributed by atoms with Crippen molar-refractivity contribution >= 4 is 27.3 Å². The van der Waals surface area contributed by atoms with Gasteiger partial charge in [0.15, 0.2) is 0 Å². The van der Waals surface area contributed by atoms with Crippen molar-refractivity contribution < 1.29 is 5.11 Å². The van der Waals surface area contributed by atoms with Crippen LogP contribution in [0.15, 0.2) is 15.9 Å². The van der Waals surface area contributed by atoms with Gasteiger partial charge in [0, 0.05) is 17.5 Å². The highest BCUT2D eigenvalue weighted by molar-refractivity contribution is 9.11. The molecule has 1 rings (SSSR count). The first-order chi connectivity index (χ1) is 7.11. The van der Waals surface area contributed by atoms with E-state index in [0.717, 1.165) is 16.8 Å². The summed E-state index contributed by atoms with van der Waals surface area (Å²) in [5.41, 5.74) is 0. The Balaban J connectivity index is 2.34. The normalized spacial score (nSPS) is 13.4. The Labute approximate surface area is 104 Å². The Kier molecular flexibility index (Phi) is 5.82. The number of aliphatic hydroxyl groups is 1. The monoisotopic (exact) mass is 291 g/mol. The predicted octanol–water partition coefficient (Wildman–Crippen LogP) is 3.01. The molecule has 0 radical (unpaired) electrons. The van der Waals surface area contributed by atoms with E-state index in [4.69, 9.17) is 0 Å². The molecule has 1 heterocycles. The fourth-order valence-corrected chi connectivity index (χ4v) is 2.92. The number of hydrogen-bond donors (Lipinski definition) is 2. The van der Waals surface area contributed by atoms with E-state index in [0.29, 0.717) is 5.92 Å². The van der Waals surface area contributed by atoms with E-state index in [-0.39, 0.29) is 12.6 Å². The van der Waals surface area contributed by atoms with Crippen LogP contribution in [0.5, 0.6) is 0 Å². The number of halogens is 1. The molecule has 0 saturated heterocycles. The molecule has 0 aliphatic heterocycles. The van der Waals surface area contributed by atoms with Crippen molar-refractivity contribution in [2.75, 3.05) is 6.61 Å². The molecule has 0 fully saturated rings. The molecule has 2 N–H and O–H groups in total. The first-order valence-corrected chi connectivity index (χ1v) is 6.81. The predicted molar refractivity (Wildman–Crippen MR) is 69.2 cm³/mol. The fourth-order valence-electron chi connectivity index (χ4n) is 1.48. The summed E-state index contributed by atoms with van der Waals surface area (Å²) in [6.07, 6.45) is 1.02. The first kappa shape index (κ1) is 13.2.